The standard InChI is InChI=1S/C17H18Cl2NO2S/c1-3-13(14-9-10-16(18)17(19)11-14)12-20(2)23(21,22)15-7-5-4-6-8-15/h3-11,13H,12H2,1-2H3. The predicted octanol–water partition coefficient (Wildman–Crippen LogP) is 4.62. The molecule has 0 spiro atoms. The number of hydrogen-bond donors (Lipinski definition) is 0. The molecule has 2 rings (SSSR count). The molecule has 2 aromatic carbocycles. The minimum Gasteiger partial charge on any atom is -0.207 e. The van der Waals surface area contributed by atoms with Crippen LogP contribution in [0.3, 0.4) is 0 Å². The Morgan fingerprint density at radius 3 is 2.30 bits per heavy atom. The second-order valence-corrected chi connectivity index (χ2v) is 8.07. The van der Waals surface area contributed by atoms with Gasteiger partial charge < -0.3 is 0 Å². The first-order valence-electron chi connectivity index (χ1n) is 7.12. The third kappa shape index (κ3) is 4.27. The Bertz CT molecular complexity index is 763. The van der Waals surface area contributed by atoms with Gasteiger partial charge in [0.15, 0.2) is 0 Å². The van der Waals surface area contributed by atoms with Crippen molar-refractivity contribution in [3.63, 3.8) is 0 Å². The quantitative estimate of drug-likeness (QED) is 0.743. The first-order chi connectivity index (χ1) is 10.9. The van der Waals surface area contributed by atoms with E-state index < -0.39 is 10.0 Å². The molecule has 0 saturated heterocycles. The van der Waals surface area contributed by atoms with Crippen molar-refractivity contribution < 1.29 is 8.42 Å². The average molecular weight is 371 g/mol. The van der Waals surface area contributed by atoms with Crippen molar-refractivity contribution in [2.45, 2.75) is 17.7 Å². The molecular formula is C17H18Cl2NO2S. The number of likely N-dealkylation sites (N-methyl/N-ethyl adjacent to an activating group) is 1. The first-order valence-corrected chi connectivity index (χ1v) is 9.31. The monoisotopic (exact) mass is 370 g/mol. The normalized spacial score (nSPS) is 13.3. The molecule has 0 saturated carbocycles. The van der Waals surface area contributed by atoms with Gasteiger partial charge in [0.1, 0.15) is 0 Å². The molecule has 0 amide bonds. The Hall–Kier alpha value is -1.07. The maximum Gasteiger partial charge on any atom is 0.242 e. The van der Waals surface area contributed by atoms with Crippen molar-refractivity contribution in [1.29, 1.82) is 0 Å². The van der Waals surface area contributed by atoms with Crippen LogP contribution in [0.15, 0.2) is 53.4 Å². The van der Waals surface area contributed by atoms with E-state index in [1.165, 1.54) is 4.31 Å². The highest BCUT2D eigenvalue weighted by Gasteiger charge is 2.24. The fourth-order valence-electron chi connectivity index (χ4n) is 2.29. The van der Waals surface area contributed by atoms with Crippen molar-refractivity contribution >= 4 is 33.2 Å². The summed E-state index contributed by atoms with van der Waals surface area (Å²) in [6.07, 6.45) is 1.95. The van der Waals surface area contributed by atoms with Gasteiger partial charge in [-0.2, -0.15) is 0 Å². The van der Waals surface area contributed by atoms with Crippen LogP contribution >= 0.6 is 23.2 Å². The maximum atomic E-state index is 12.6. The number of sulfonamides is 1. The SMILES string of the molecule is C[CH]C(CN(C)S(=O)(=O)c1ccccc1)c1ccc(Cl)c(Cl)c1. The third-order valence-electron chi connectivity index (χ3n) is 3.68. The van der Waals surface area contributed by atoms with E-state index in [0.29, 0.717) is 16.6 Å². The zero-order chi connectivity index (χ0) is 17.0. The van der Waals surface area contributed by atoms with Crippen LogP contribution < -0.4 is 0 Å². The fraction of sp³-hybridized carbons (Fsp3) is 0.235. The number of halogens is 2. The lowest BCUT2D eigenvalue weighted by atomic mass is 9.96. The lowest BCUT2D eigenvalue weighted by Crippen LogP contribution is -2.31. The lowest BCUT2D eigenvalue weighted by molar-refractivity contribution is 0.451. The Morgan fingerprint density at radius 1 is 1.09 bits per heavy atom. The van der Waals surface area contributed by atoms with Crippen molar-refractivity contribution in [2.24, 2.45) is 0 Å². The summed E-state index contributed by atoms with van der Waals surface area (Å²) in [7, 11) is -1.94. The Labute approximate surface area is 147 Å². The van der Waals surface area contributed by atoms with Crippen molar-refractivity contribution in [3.8, 4) is 0 Å². The van der Waals surface area contributed by atoms with Gasteiger partial charge in [0.05, 0.1) is 14.9 Å². The molecule has 6 heteroatoms. The molecule has 0 N–H and O–H groups in total. The lowest BCUT2D eigenvalue weighted by Gasteiger charge is -2.23. The minimum atomic E-state index is -3.52. The first kappa shape index (κ1) is 18.3. The summed E-state index contributed by atoms with van der Waals surface area (Å²) in [4.78, 5) is 0.284. The highest BCUT2D eigenvalue weighted by Crippen LogP contribution is 2.29. The third-order valence-corrected chi connectivity index (χ3v) is 6.26. The van der Waals surface area contributed by atoms with E-state index in [0.717, 1.165) is 5.56 Å². The number of hydrogen-bond acceptors (Lipinski definition) is 2. The van der Waals surface area contributed by atoms with Gasteiger partial charge in [0.2, 0.25) is 10.0 Å². The second kappa shape index (κ2) is 7.67. The molecule has 123 valence electrons. The van der Waals surface area contributed by atoms with E-state index in [1.54, 1.807) is 49.5 Å². The summed E-state index contributed by atoms with van der Waals surface area (Å²) < 4.78 is 26.6. The van der Waals surface area contributed by atoms with Gasteiger partial charge in [0.25, 0.3) is 0 Å². The Balaban J connectivity index is 2.23. The summed E-state index contributed by atoms with van der Waals surface area (Å²) in [5, 5.41) is 0.945. The summed E-state index contributed by atoms with van der Waals surface area (Å²) in [6.45, 7) is 2.22. The molecule has 1 radical (unpaired) electrons. The van der Waals surface area contributed by atoms with E-state index >= 15 is 0 Å². The molecule has 0 aliphatic carbocycles. The van der Waals surface area contributed by atoms with Crippen molar-refractivity contribution in [3.05, 3.63) is 70.6 Å². The van der Waals surface area contributed by atoms with Crippen molar-refractivity contribution in [2.75, 3.05) is 13.6 Å². The topological polar surface area (TPSA) is 37.4 Å². The largest absolute Gasteiger partial charge is 0.242 e. The molecule has 3 nitrogen and oxygen atoms in total. The molecule has 23 heavy (non-hydrogen) atoms. The van der Waals surface area contributed by atoms with Gasteiger partial charge in [-0.05, 0) is 36.2 Å². The molecule has 0 heterocycles. The van der Waals surface area contributed by atoms with Gasteiger partial charge in [0, 0.05) is 19.5 Å². The van der Waals surface area contributed by atoms with Crippen LogP contribution in [0.5, 0.6) is 0 Å². The highest BCUT2D eigenvalue weighted by atomic mass is 35.5. The molecular weight excluding hydrogens is 353 g/mol. The van der Waals surface area contributed by atoms with E-state index in [4.69, 9.17) is 23.2 Å². The van der Waals surface area contributed by atoms with Crippen molar-refractivity contribution in [1.82, 2.24) is 4.31 Å². The maximum absolute atomic E-state index is 12.6. The Morgan fingerprint density at radius 2 is 1.74 bits per heavy atom. The molecule has 0 bridgehead atoms. The van der Waals surface area contributed by atoms with Gasteiger partial charge in [-0.25, -0.2) is 12.7 Å². The van der Waals surface area contributed by atoms with Gasteiger partial charge in [-0.15, -0.1) is 0 Å². The minimum absolute atomic E-state index is 0.0757. The van der Waals surface area contributed by atoms with Crippen LogP contribution in [0.2, 0.25) is 10.0 Å². The van der Waals surface area contributed by atoms with E-state index in [-0.39, 0.29) is 10.8 Å². The fourth-order valence-corrected chi connectivity index (χ4v) is 3.82. The van der Waals surface area contributed by atoms with E-state index in [2.05, 4.69) is 0 Å². The molecule has 2 aromatic rings. The van der Waals surface area contributed by atoms with Gasteiger partial charge >= 0.3 is 0 Å². The molecule has 0 aliphatic rings. The smallest absolute Gasteiger partial charge is 0.207 e. The van der Waals surface area contributed by atoms with Crippen LogP contribution in [-0.4, -0.2) is 26.3 Å². The molecule has 0 aromatic heterocycles. The van der Waals surface area contributed by atoms with Crippen LogP contribution in [0.1, 0.15) is 18.4 Å². The van der Waals surface area contributed by atoms with Gasteiger partial charge in [-0.1, -0.05) is 54.4 Å². The summed E-state index contributed by atoms with van der Waals surface area (Å²) >= 11 is 12.0. The summed E-state index contributed by atoms with van der Waals surface area (Å²) in [5.74, 6) is -0.0757. The predicted molar refractivity (Wildman–Crippen MR) is 95.4 cm³/mol. The zero-order valence-corrected chi connectivity index (χ0v) is 15.2. The Kier molecular flexibility index (Phi) is 6.09. The summed E-state index contributed by atoms with van der Waals surface area (Å²) in [6, 6.07) is 13.8. The molecule has 0 fully saturated rings. The second-order valence-electron chi connectivity index (χ2n) is 5.21. The van der Waals surface area contributed by atoms with Crippen LogP contribution in [0.25, 0.3) is 0 Å². The molecule has 1 atom stereocenters. The van der Waals surface area contributed by atoms with Crippen LogP contribution in [0.4, 0.5) is 0 Å². The summed E-state index contributed by atoms with van der Waals surface area (Å²) in [5.41, 5.74) is 0.928. The zero-order valence-electron chi connectivity index (χ0n) is 12.9. The van der Waals surface area contributed by atoms with E-state index in [1.807, 2.05) is 19.4 Å². The highest BCUT2D eigenvalue weighted by molar-refractivity contribution is 7.89. The van der Waals surface area contributed by atoms with Crippen LogP contribution in [-0.2, 0) is 10.0 Å². The van der Waals surface area contributed by atoms with E-state index in [9.17, 15) is 8.42 Å². The molecule has 1 unspecified atom stereocenters. The number of benzene rings is 2. The molecule has 0 aliphatic heterocycles. The number of nitrogens with zero attached hydrogens (tertiary/aromatic N) is 1. The van der Waals surface area contributed by atoms with Gasteiger partial charge in [-0.3, -0.25) is 0 Å². The number of rotatable bonds is 6. The average Bonchev–Trinajstić information content (AvgIpc) is 2.55. The van der Waals surface area contributed by atoms with Crippen LogP contribution in [0, 0.1) is 6.42 Å².